The zero-order valence-corrected chi connectivity index (χ0v) is 6.40. The van der Waals surface area contributed by atoms with Gasteiger partial charge in [-0.3, -0.25) is 0 Å². The van der Waals surface area contributed by atoms with Crippen molar-refractivity contribution in [2.24, 2.45) is 5.73 Å². The zero-order valence-electron chi connectivity index (χ0n) is 5.58. The molecule has 1 fully saturated rings. The van der Waals surface area contributed by atoms with E-state index in [0.717, 1.165) is 6.42 Å². The van der Waals surface area contributed by atoms with Crippen molar-refractivity contribution in [2.45, 2.75) is 29.9 Å². The van der Waals surface area contributed by atoms with Crippen LogP contribution in [0, 0.1) is 0 Å². The Kier molecular flexibility index (Phi) is 2.38. The fraction of sp³-hybridized carbons (Fsp3) is 1.00. The van der Waals surface area contributed by atoms with Crippen LogP contribution in [0.25, 0.3) is 0 Å². The monoisotopic (exact) mass is 147 g/mol. The Morgan fingerprint density at radius 1 is 1.78 bits per heavy atom. The number of rotatable bonds is 1. The van der Waals surface area contributed by atoms with Crippen molar-refractivity contribution in [1.29, 1.82) is 0 Å². The lowest BCUT2D eigenvalue weighted by Gasteiger charge is -2.08. The summed E-state index contributed by atoms with van der Waals surface area (Å²) in [6.07, 6.45) is 1.05. The quantitative estimate of drug-likeness (QED) is 0.557. The van der Waals surface area contributed by atoms with Gasteiger partial charge in [0.05, 0.1) is 6.61 Å². The summed E-state index contributed by atoms with van der Waals surface area (Å²) in [7, 11) is 0. The predicted molar refractivity (Wildman–Crippen MR) is 40.5 cm³/mol. The summed E-state index contributed by atoms with van der Waals surface area (Å²) in [6, 6.07) is 0.218. The van der Waals surface area contributed by atoms with E-state index in [0.29, 0.717) is 10.5 Å². The third-order valence-electron chi connectivity index (χ3n) is 1.67. The van der Waals surface area contributed by atoms with Crippen LogP contribution in [-0.4, -0.2) is 28.3 Å². The van der Waals surface area contributed by atoms with Crippen molar-refractivity contribution >= 4 is 11.8 Å². The largest absolute Gasteiger partial charge is 0.395 e. The van der Waals surface area contributed by atoms with Crippen LogP contribution in [0.15, 0.2) is 0 Å². The fourth-order valence-corrected chi connectivity index (χ4v) is 2.50. The van der Waals surface area contributed by atoms with E-state index in [1.54, 1.807) is 11.8 Å². The molecule has 3 atom stereocenters. The fourth-order valence-electron chi connectivity index (χ4n) is 1.17. The average Bonchev–Trinajstić information content (AvgIpc) is 2.10. The smallest absolute Gasteiger partial charge is 0.0565 e. The molecule has 3 heteroatoms. The van der Waals surface area contributed by atoms with Crippen molar-refractivity contribution in [2.75, 3.05) is 6.61 Å². The summed E-state index contributed by atoms with van der Waals surface area (Å²) in [5, 5.41) is 9.68. The van der Waals surface area contributed by atoms with Gasteiger partial charge in [-0.15, -0.1) is 0 Å². The van der Waals surface area contributed by atoms with Crippen molar-refractivity contribution in [3.63, 3.8) is 0 Å². The van der Waals surface area contributed by atoms with Gasteiger partial charge < -0.3 is 10.8 Å². The van der Waals surface area contributed by atoms with E-state index >= 15 is 0 Å². The highest BCUT2D eigenvalue weighted by molar-refractivity contribution is 8.00. The van der Waals surface area contributed by atoms with E-state index in [-0.39, 0.29) is 12.6 Å². The summed E-state index contributed by atoms with van der Waals surface area (Å²) >= 11 is 1.80. The normalized spacial score (nSPS) is 43.7. The molecule has 1 aliphatic heterocycles. The predicted octanol–water partition coefficient (Wildman–Crippen LogP) is 0.200. The third kappa shape index (κ3) is 1.60. The maximum Gasteiger partial charge on any atom is 0.0565 e. The van der Waals surface area contributed by atoms with Crippen LogP contribution in [0.5, 0.6) is 0 Å². The lowest BCUT2D eigenvalue weighted by atomic mass is 10.1. The van der Waals surface area contributed by atoms with E-state index in [1.807, 2.05) is 0 Å². The van der Waals surface area contributed by atoms with Crippen LogP contribution in [0.4, 0.5) is 0 Å². The molecule has 1 saturated heterocycles. The molecule has 0 radical (unpaired) electrons. The van der Waals surface area contributed by atoms with Crippen LogP contribution in [0.1, 0.15) is 13.3 Å². The van der Waals surface area contributed by atoms with Crippen molar-refractivity contribution < 1.29 is 5.11 Å². The van der Waals surface area contributed by atoms with Crippen LogP contribution < -0.4 is 5.73 Å². The second-order valence-corrected chi connectivity index (χ2v) is 4.25. The Morgan fingerprint density at radius 3 is 2.67 bits per heavy atom. The van der Waals surface area contributed by atoms with E-state index in [2.05, 4.69) is 6.92 Å². The summed E-state index contributed by atoms with van der Waals surface area (Å²) < 4.78 is 0. The molecule has 0 aromatic carbocycles. The van der Waals surface area contributed by atoms with Crippen LogP contribution in [0.3, 0.4) is 0 Å². The highest BCUT2D eigenvalue weighted by atomic mass is 32.2. The lowest BCUT2D eigenvalue weighted by Crippen LogP contribution is -2.30. The molecule has 0 aromatic heterocycles. The Labute approximate surface area is 59.8 Å². The van der Waals surface area contributed by atoms with Gasteiger partial charge in [0.2, 0.25) is 0 Å². The van der Waals surface area contributed by atoms with Gasteiger partial charge in [-0.25, -0.2) is 0 Å². The first-order chi connectivity index (χ1) is 4.24. The van der Waals surface area contributed by atoms with Gasteiger partial charge in [-0.2, -0.15) is 11.8 Å². The number of hydrogen-bond donors (Lipinski definition) is 2. The first kappa shape index (κ1) is 7.38. The second-order valence-electron chi connectivity index (χ2n) is 2.57. The highest BCUT2D eigenvalue weighted by Crippen LogP contribution is 2.31. The molecular weight excluding hydrogens is 134 g/mol. The number of aliphatic hydroxyl groups excluding tert-OH is 1. The maximum absolute atomic E-state index is 8.75. The van der Waals surface area contributed by atoms with Gasteiger partial charge in [0.25, 0.3) is 0 Å². The minimum atomic E-state index is 0.218. The molecule has 0 bridgehead atoms. The van der Waals surface area contributed by atoms with Crippen LogP contribution in [-0.2, 0) is 0 Å². The van der Waals surface area contributed by atoms with Gasteiger partial charge in [-0.05, 0) is 6.42 Å². The Morgan fingerprint density at radius 2 is 2.44 bits per heavy atom. The van der Waals surface area contributed by atoms with E-state index < -0.39 is 0 Å². The molecule has 9 heavy (non-hydrogen) atoms. The second kappa shape index (κ2) is 2.90. The topological polar surface area (TPSA) is 46.2 Å². The first-order valence-electron chi connectivity index (χ1n) is 3.26. The van der Waals surface area contributed by atoms with E-state index in [4.69, 9.17) is 10.8 Å². The van der Waals surface area contributed by atoms with Crippen molar-refractivity contribution in [3.8, 4) is 0 Å². The molecule has 1 rings (SSSR count). The molecule has 1 heterocycles. The third-order valence-corrected chi connectivity index (χ3v) is 3.17. The molecule has 0 amide bonds. The SMILES string of the molecule is C[C@H]1C[C@H](N)[C@@H](CO)S1. The number of hydrogen-bond acceptors (Lipinski definition) is 3. The Balaban J connectivity index is 2.38. The van der Waals surface area contributed by atoms with E-state index in [9.17, 15) is 0 Å². The molecule has 0 aromatic rings. The maximum atomic E-state index is 8.75. The van der Waals surface area contributed by atoms with Gasteiger partial charge in [0, 0.05) is 16.5 Å². The minimum Gasteiger partial charge on any atom is -0.395 e. The van der Waals surface area contributed by atoms with E-state index in [1.165, 1.54) is 0 Å². The minimum absolute atomic E-state index is 0.218. The molecule has 0 saturated carbocycles. The molecule has 0 aliphatic carbocycles. The first-order valence-corrected chi connectivity index (χ1v) is 4.20. The van der Waals surface area contributed by atoms with Crippen LogP contribution in [0.2, 0.25) is 0 Å². The highest BCUT2D eigenvalue weighted by Gasteiger charge is 2.28. The standard InChI is InChI=1S/C6H13NOS/c1-4-2-5(7)6(3-8)9-4/h4-6,8H,2-3,7H2,1H3/t4-,5-,6+/m0/s1. The molecule has 3 N–H and O–H groups in total. The number of aliphatic hydroxyl groups is 1. The average molecular weight is 147 g/mol. The van der Waals surface area contributed by atoms with Crippen molar-refractivity contribution in [1.82, 2.24) is 0 Å². The molecule has 2 nitrogen and oxygen atoms in total. The number of thioether (sulfide) groups is 1. The van der Waals surface area contributed by atoms with Crippen LogP contribution >= 0.6 is 11.8 Å². The molecule has 0 unspecified atom stereocenters. The van der Waals surface area contributed by atoms with Crippen molar-refractivity contribution in [3.05, 3.63) is 0 Å². The summed E-state index contributed by atoms with van der Waals surface area (Å²) in [5.41, 5.74) is 5.70. The summed E-state index contributed by atoms with van der Waals surface area (Å²) in [5.74, 6) is 0. The van der Waals surface area contributed by atoms with Gasteiger partial charge in [0.1, 0.15) is 0 Å². The zero-order chi connectivity index (χ0) is 6.85. The van der Waals surface area contributed by atoms with Gasteiger partial charge in [-0.1, -0.05) is 6.92 Å². The lowest BCUT2D eigenvalue weighted by molar-refractivity contribution is 0.284. The molecular formula is C6H13NOS. The molecule has 0 spiro atoms. The summed E-state index contributed by atoms with van der Waals surface area (Å²) in [6.45, 7) is 2.39. The van der Waals surface area contributed by atoms with Gasteiger partial charge in [0.15, 0.2) is 0 Å². The molecule has 1 aliphatic rings. The molecule has 54 valence electrons. The summed E-state index contributed by atoms with van der Waals surface area (Å²) in [4.78, 5) is 0. The number of nitrogens with two attached hydrogens (primary N) is 1. The van der Waals surface area contributed by atoms with Gasteiger partial charge >= 0.3 is 0 Å². The Hall–Kier alpha value is 0.270. The Bertz CT molecular complexity index is 99.1.